The van der Waals surface area contributed by atoms with Crippen molar-refractivity contribution in [3.63, 3.8) is 0 Å². The molecule has 6 heteroatoms. The number of nitrogens with zero attached hydrogens (tertiary/aromatic N) is 3. The summed E-state index contributed by atoms with van der Waals surface area (Å²) >= 11 is 0. The lowest BCUT2D eigenvalue weighted by molar-refractivity contribution is -0.137. The van der Waals surface area contributed by atoms with Gasteiger partial charge in [0.1, 0.15) is 11.6 Å². The molecule has 258 valence electrons. The highest BCUT2D eigenvalue weighted by Crippen LogP contribution is 2.45. The average Bonchev–Trinajstić information content (AvgIpc) is 3.62. The molecule has 0 N–H and O–H groups in total. The zero-order valence-electron chi connectivity index (χ0n) is 30.0. The third-order valence-corrected chi connectivity index (χ3v) is 10.3. The van der Waals surface area contributed by atoms with Crippen molar-refractivity contribution in [2.75, 3.05) is 0 Å². The summed E-state index contributed by atoms with van der Waals surface area (Å²) in [7, 11) is 0. The molecule has 0 saturated heterocycles. The quantitative estimate of drug-likeness (QED) is 0.182. The van der Waals surface area contributed by atoms with Crippen LogP contribution in [0.15, 0.2) is 121 Å². The van der Waals surface area contributed by atoms with E-state index in [0.29, 0.717) is 16.9 Å². The van der Waals surface area contributed by atoms with Crippen LogP contribution in [0.3, 0.4) is 0 Å². The summed E-state index contributed by atoms with van der Waals surface area (Å²) in [6.45, 7) is 12.9. The van der Waals surface area contributed by atoms with E-state index in [0.717, 1.165) is 60.8 Å². The summed E-state index contributed by atoms with van der Waals surface area (Å²) < 4.78 is 48.5. The van der Waals surface area contributed by atoms with E-state index in [1.165, 1.54) is 12.1 Å². The van der Waals surface area contributed by atoms with E-state index in [-0.39, 0.29) is 22.0 Å². The molecular formula is C46H38F3N3. The monoisotopic (exact) mass is 689 g/mol. The minimum atomic E-state index is -4.62. The first-order valence-corrected chi connectivity index (χ1v) is 17.5. The first-order chi connectivity index (χ1) is 24.7. The van der Waals surface area contributed by atoms with Crippen LogP contribution >= 0.6 is 0 Å². The molecule has 2 heterocycles. The lowest BCUT2D eigenvalue weighted by Crippen LogP contribution is -2.12. The third kappa shape index (κ3) is 5.18. The largest absolute Gasteiger partial charge is 0.417 e. The third-order valence-electron chi connectivity index (χ3n) is 10.3. The highest BCUT2D eigenvalue weighted by molar-refractivity contribution is 6.12. The number of aromatic nitrogens is 2. The Bertz CT molecular complexity index is 2760. The molecule has 0 atom stereocenters. The van der Waals surface area contributed by atoms with Crippen LogP contribution in [0.25, 0.3) is 66.1 Å². The number of alkyl halides is 3. The van der Waals surface area contributed by atoms with Gasteiger partial charge < -0.3 is 9.13 Å². The van der Waals surface area contributed by atoms with Crippen molar-refractivity contribution in [2.45, 2.75) is 58.5 Å². The van der Waals surface area contributed by atoms with Crippen molar-refractivity contribution >= 4 is 43.6 Å². The lowest BCUT2D eigenvalue weighted by Gasteiger charge is -2.23. The first kappa shape index (κ1) is 33.3. The molecule has 8 aromatic rings. The molecule has 0 spiro atoms. The smallest absolute Gasteiger partial charge is 0.308 e. The Balaban J connectivity index is 1.59. The molecule has 0 saturated carbocycles. The van der Waals surface area contributed by atoms with Gasteiger partial charge in [-0.25, -0.2) is 0 Å². The molecule has 0 amide bonds. The molecule has 0 fully saturated rings. The molecule has 0 aliphatic rings. The lowest BCUT2D eigenvalue weighted by atomic mass is 9.86. The van der Waals surface area contributed by atoms with Crippen LogP contribution in [-0.4, -0.2) is 9.13 Å². The van der Waals surface area contributed by atoms with Crippen LogP contribution in [0.4, 0.5) is 13.2 Å². The van der Waals surface area contributed by atoms with Crippen molar-refractivity contribution in [1.82, 2.24) is 9.13 Å². The number of fused-ring (bicyclic) bond motifs is 6. The van der Waals surface area contributed by atoms with E-state index in [4.69, 9.17) is 0 Å². The molecule has 0 bridgehead atoms. The van der Waals surface area contributed by atoms with Crippen LogP contribution in [0.1, 0.15) is 63.8 Å². The van der Waals surface area contributed by atoms with Crippen LogP contribution in [0.2, 0.25) is 0 Å². The van der Waals surface area contributed by atoms with E-state index >= 15 is 0 Å². The van der Waals surface area contributed by atoms with Gasteiger partial charge >= 0.3 is 6.18 Å². The maximum Gasteiger partial charge on any atom is 0.417 e. The normalized spacial score (nSPS) is 12.7. The van der Waals surface area contributed by atoms with Gasteiger partial charge in [-0.1, -0.05) is 126 Å². The number of hydrogen-bond donors (Lipinski definition) is 0. The Labute approximate surface area is 301 Å². The predicted molar refractivity (Wildman–Crippen MR) is 208 cm³/mol. The highest BCUT2D eigenvalue weighted by Gasteiger charge is 2.35. The summed E-state index contributed by atoms with van der Waals surface area (Å²) in [5.74, 6) is 0. The summed E-state index contributed by atoms with van der Waals surface area (Å²) in [5.41, 5.74) is 6.21. The number of benzene rings is 6. The van der Waals surface area contributed by atoms with Gasteiger partial charge in [-0.05, 0) is 63.9 Å². The molecule has 52 heavy (non-hydrogen) atoms. The van der Waals surface area contributed by atoms with Crippen molar-refractivity contribution in [1.29, 1.82) is 5.26 Å². The van der Waals surface area contributed by atoms with Gasteiger partial charge in [0.25, 0.3) is 0 Å². The van der Waals surface area contributed by atoms with Crippen LogP contribution in [-0.2, 0) is 17.0 Å². The molecule has 2 aromatic heterocycles. The van der Waals surface area contributed by atoms with Crippen molar-refractivity contribution in [3.8, 4) is 28.6 Å². The minimum Gasteiger partial charge on any atom is -0.308 e. The van der Waals surface area contributed by atoms with Crippen molar-refractivity contribution < 1.29 is 13.2 Å². The average molecular weight is 690 g/mol. The second kappa shape index (κ2) is 11.6. The van der Waals surface area contributed by atoms with Crippen molar-refractivity contribution in [2.24, 2.45) is 0 Å². The van der Waals surface area contributed by atoms with E-state index < -0.39 is 11.7 Å². The Hall–Kier alpha value is -5.80. The molecule has 8 rings (SSSR count). The minimum absolute atomic E-state index is 0.0169. The van der Waals surface area contributed by atoms with E-state index in [1.54, 1.807) is 12.1 Å². The fraction of sp³-hybridized carbons (Fsp3) is 0.196. The van der Waals surface area contributed by atoms with Gasteiger partial charge in [-0.2, -0.15) is 18.4 Å². The van der Waals surface area contributed by atoms with E-state index in [9.17, 15) is 18.4 Å². The van der Waals surface area contributed by atoms with Gasteiger partial charge in [0.15, 0.2) is 0 Å². The molecule has 0 radical (unpaired) electrons. The fourth-order valence-electron chi connectivity index (χ4n) is 7.67. The summed E-state index contributed by atoms with van der Waals surface area (Å²) in [6.07, 6.45) is -4.62. The zero-order chi connectivity index (χ0) is 36.7. The Morgan fingerprint density at radius 2 is 0.981 bits per heavy atom. The van der Waals surface area contributed by atoms with Gasteiger partial charge in [-0.15, -0.1) is 0 Å². The number of hydrogen-bond acceptors (Lipinski definition) is 1. The second-order valence-corrected chi connectivity index (χ2v) is 15.7. The maximum absolute atomic E-state index is 14.8. The SMILES string of the molecule is CC(C)(C)c1ccc2c3ccccc3n(-c3ccc(-c4ccccc4C(F)(F)F)c(-n4c5ccccc5c5ccc(C(C)(C)C)cc54)c3C#N)c2c1. The van der Waals surface area contributed by atoms with Gasteiger partial charge in [-0.3, -0.25) is 0 Å². The highest BCUT2D eigenvalue weighted by atomic mass is 19.4. The molecular weight excluding hydrogens is 652 g/mol. The van der Waals surface area contributed by atoms with Crippen molar-refractivity contribution in [3.05, 3.63) is 144 Å². The molecule has 6 aromatic carbocycles. The molecule has 0 aliphatic carbocycles. The second-order valence-electron chi connectivity index (χ2n) is 15.7. The Morgan fingerprint density at radius 1 is 0.500 bits per heavy atom. The number of para-hydroxylation sites is 2. The van der Waals surface area contributed by atoms with E-state index in [1.807, 2.05) is 53.1 Å². The van der Waals surface area contributed by atoms with Crippen LogP contribution in [0, 0.1) is 11.3 Å². The maximum atomic E-state index is 14.8. The molecule has 0 unspecified atom stereocenters. The zero-order valence-corrected chi connectivity index (χ0v) is 30.0. The summed E-state index contributed by atoms with van der Waals surface area (Å²) in [5, 5.41) is 15.3. The van der Waals surface area contributed by atoms with Gasteiger partial charge in [0.2, 0.25) is 0 Å². The summed E-state index contributed by atoms with van der Waals surface area (Å²) in [4.78, 5) is 0. The number of nitriles is 1. The predicted octanol–water partition coefficient (Wildman–Crippen LogP) is 13.0. The van der Waals surface area contributed by atoms with Crippen LogP contribution < -0.4 is 0 Å². The Morgan fingerprint density at radius 3 is 1.52 bits per heavy atom. The first-order valence-electron chi connectivity index (χ1n) is 17.5. The van der Waals surface area contributed by atoms with Gasteiger partial charge in [0, 0.05) is 27.1 Å². The van der Waals surface area contributed by atoms with E-state index in [2.05, 4.69) is 94.6 Å². The number of halogens is 3. The topological polar surface area (TPSA) is 33.6 Å². The summed E-state index contributed by atoms with van der Waals surface area (Å²) in [6, 6.07) is 40.6. The fourth-order valence-corrected chi connectivity index (χ4v) is 7.67. The van der Waals surface area contributed by atoms with Gasteiger partial charge in [0.05, 0.1) is 39.0 Å². The molecule has 3 nitrogen and oxygen atoms in total. The number of rotatable bonds is 3. The standard InChI is InChI=1S/C46H38F3N3/c1-44(2,3)28-19-21-33-31-14-8-11-17-38(31)51(41(33)25-28)40-24-23-35(30-13-7-10-16-37(30)46(47,48)49)43(36(40)27-50)52-39-18-12-9-15-32(39)34-22-20-29(26-42(34)52)45(4,5)6/h7-26H,1-6H3. The van der Waals surface area contributed by atoms with Crippen LogP contribution in [0.5, 0.6) is 0 Å². The Kier molecular flexibility index (Phi) is 7.45. The molecule has 0 aliphatic heterocycles.